The van der Waals surface area contributed by atoms with Crippen LogP contribution in [-0.4, -0.2) is 57.1 Å². The van der Waals surface area contributed by atoms with Gasteiger partial charge in [0.05, 0.1) is 23.9 Å². The molecule has 172 valence electrons. The highest BCUT2D eigenvalue weighted by Crippen LogP contribution is 2.37. The second-order valence-corrected chi connectivity index (χ2v) is 7.89. The summed E-state index contributed by atoms with van der Waals surface area (Å²) in [7, 11) is 0. The quantitative estimate of drug-likeness (QED) is 0.646. The van der Waals surface area contributed by atoms with E-state index in [1.54, 1.807) is 0 Å². The summed E-state index contributed by atoms with van der Waals surface area (Å²) >= 11 is 0.389. The molecule has 14 heteroatoms. The van der Waals surface area contributed by atoms with Crippen LogP contribution in [-0.2, 0) is 13.1 Å². The summed E-state index contributed by atoms with van der Waals surface area (Å²) in [4.78, 5) is 38.4. The SMILES string of the molecule is CCn1c(=O)c2c(C(F)F)c(C(=O)N3CCNC(O)C3)sc2n(CCC(F)(F)F)c1=O. The van der Waals surface area contributed by atoms with Crippen LogP contribution in [0.1, 0.15) is 35.0 Å². The maximum Gasteiger partial charge on any atom is 0.390 e. The van der Waals surface area contributed by atoms with Gasteiger partial charge < -0.3 is 10.0 Å². The largest absolute Gasteiger partial charge is 0.390 e. The number of alkyl halides is 5. The summed E-state index contributed by atoms with van der Waals surface area (Å²) in [5.74, 6) is -0.894. The number of halogens is 5. The molecule has 0 spiro atoms. The highest BCUT2D eigenvalue weighted by atomic mass is 32.1. The molecule has 2 aromatic heterocycles. The average molecular weight is 470 g/mol. The number of carbonyl (C=O) groups excluding carboxylic acids is 1. The lowest BCUT2D eigenvalue weighted by Crippen LogP contribution is -2.52. The van der Waals surface area contributed by atoms with Crippen molar-refractivity contribution in [3.8, 4) is 0 Å². The number of amides is 1. The molecule has 3 heterocycles. The van der Waals surface area contributed by atoms with Crippen molar-refractivity contribution in [2.45, 2.75) is 45.3 Å². The normalized spacial score (nSPS) is 17.7. The predicted molar refractivity (Wildman–Crippen MR) is 102 cm³/mol. The van der Waals surface area contributed by atoms with Crippen molar-refractivity contribution in [1.29, 1.82) is 0 Å². The lowest BCUT2D eigenvalue weighted by molar-refractivity contribution is -0.136. The van der Waals surface area contributed by atoms with Crippen LogP contribution in [0.5, 0.6) is 0 Å². The Balaban J connectivity index is 2.26. The molecule has 31 heavy (non-hydrogen) atoms. The third kappa shape index (κ3) is 4.50. The fourth-order valence-electron chi connectivity index (χ4n) is 3.42. The van der Waals surface area contributed by atoms with Crippen LogP contribution < -0.4 is 16.6 Å². The molecule has 0 aromatic carbocycles. The van der Waals surface area contributed by atoms with Gasteiger partial charge in [0.15, 0.2) is 0 Å². The smallest absolute Gasteiger partial charge is 0.377 e. The van der Waals surface area contributed by atoms with Crippen LogP contribution in [0.25, 0.3) is 10.2 Å². The van der Waals surface area contributed by atoms with Gasteiger partial charge in [-0.1, -0.05) is 0 Å². The Bertz CT molecular complexity index is 1110. The highest BCUT2D eigenvalue weighted by Gasteiger charge is 2.34. The number of nitrogens with zero attached hydrogens (tertiary/aromatic N) is 3. The van der Waals surface area contributed by atoms with Gasteiger partial charge in [-0.3, -0.25) is 24.0 Å². The Morgan fingerprint density at radius 2 is 1.97 bits per heavy atom. The van der Waals surface area contributed by atoms with Crippen molar-refractivity contribution in [1.82, 2.24) is 19.4 Å². The minimum Gasteiger partial charge on any atom is -0.377 e. The van der Waals surface area contributed by atoms with Crippen LogP contribution in [0.15, 0.2) is 9.59 Å². The van der Waals surface area contributed by atoms with Crippen LogP contribution in [0, 0.1) is 0 Å². The first kappa shape index (κ1) is 23.3. The van der Waals surface area contributed by atoms with Gasteiger partial charge in [0.25, 0.3) is 17.9 Å². The molecular formula is C17H19F5N4O4S. The molecule has 8 nitrogen and oxygen atoms in total. The number of fused-ring (bicyclic) bond motifs is 1. The first-order valence-corrected chi connectivity index (χ1v) is 10.1. The lowest BCUT2D eigenvalue weighted by atomic mass is 10.1. The maximum absolute atomic E-state index is 14.0. The predicted octanol–water partition coefficient (Wildman–Crippen LogP) is 1.50. The van der Waals surface area contributed by atoms with Crippen molar-refractivity contribution < 1.29 is 31.9 Å². The van der Waals surface area contributed by atoms with E-state index in [-0.39, 0.29) is 26.2 Å². The van der Waals surface area contributed by atoms with E-state index in [1.807, 2.05) is 0 Å². The number of hydrogen-bond donors (Lipinski definition) is 2. The van der Waals surface area contributed by atoms with Gasteiger partial charge in [-0.15, -0.1) is 11.3 Å². The minimum absolute atomic E-state index is 0.0902. The van der Waals surface area contributed by atoms with Crippen LogP contribution in [0.4, 0.5) is 22.0 Å². The summed E-state index contributed by atoms with van der Waals surface area (Å²) in [5, 5.41) is 11.7. The van der Waals surface area contributed by atoms with Crippen molar-refractivity contribution in [2.75, 3.05) is 19.6 Å². The van der Waals surface area contributed by atoms with E-state index in [0.29, 0.717) is 20.5 Å². The Kier molecular flexibility index (Phi) is 6.53. The Morgan fingerprint density at radius 3 is 2.52 bits per heavy atom. The summed E-state index contributed by atoms with van der Waals surface area (Å²) in [6.45, 7) is 0.336. The van der Waals surface area contributed by atoms with Crippen molar-refractivity contribution in [2.24, 2.45) is 0 Å². The fraction of sp³-hybridized carbons (Fsp3) is 0.588. The monoisotopic (exact) mass is 470 g/mol. The molecule has 1 atom stereocenters. The number of β-amino-alcohol motifs (C(OH)–C–C–N with tert-alkyl or cyclic N) is 1. The molecule has 3 rings (SSSR count). The number of aromatic nitrogens is 2. The van der Waals surface area contributed by atoms with Gasteiger partial charge in [0, 0.05) is 26.2 Å². The number of aliphatic hydroxyl groups is 1. The summed E-state index contributed by atoms with van der Waals surface area (Å²) < 4.78 is 67.4. The number of aryl methyl sites for hydroxylation is 1. The molecule has 1 saturated heterocycles. The third-order valence-corrected chi connectivity index (χ3v) is 6.10. The summed E-state index contributed by atoms with van der Waals surface area (Å²) in [5.41, 5.74) is -3.06. The molecule has 0 radical (unpaired) electrons. The van der Waals surface area contributed by atoms with E-state index in [1.165, 1.54) is 6.92 Å². The van der Waals surface area contributed by atoms with E-state index < -0.39 is 69.6 Å². The molecule has 0 aliphatic carbocycles. The molecule has 1 fully saturated rings. The van der Waals surface area contributed by atoms with Crippen molar-refractivity contribution in [3.05, 3.63) is 31.3 Å². The zero-order chi connectivity index (χ0) is 23.1. The second kappa shape index (κ2) is 8.67. The van der Waals surface area contributed by atoms with Crippen LogP contribution >= 0.6 is 11.3 Å². The van der Waals surface area contributed by atoms with Crippen LogP contribution in [0.2, 0.25) is 0 Å². The van der Waals surface area contributed by atoms with E-state index in [2.05, 4.69) is 5.32 Å². The van der Waals surface area contributed by atoms with Crippen molar-refractivity contribution in [3.63, 3.8) is 0 Å². The maximum atomic E-state index is 14.0. The Hall–Kier alpha value is -2.32. The molecule has 0 saturated carbocycles. The van der Waals surface area contributed by atoms with E-state index >= 15 is 0 Å². The Labute approximate surface area is 175 Å². The molecule has 1 aliphatic heterocycles. The van der Waals surface area contributed by atoms with Gasteiger partial charge in [-0.25, -0.2) is 13.6 Å². The Morgan fingerprint density at radius 1 is 1.29 bits per heavy atom. The third-order valence-electron chi connectivity index (χ3n) is 4.88. The number of hydrogen-bond acceptors (Lipinski definition) is 6. The number of carbonyl (C=O) groups is 1. The van der Waals surface area contributed by atoms with E-state index in [4.69, 9.17) is 0 Å². The van der Waals surface area contributed by atoms with Crippen molar-refractivity contribution >= 4 is 27.5 Å². The fourth-order valence-corrected chi connectivity index (χ4v) is 4.71. The molecule has 1 aliphatic rings. The topological polar surface area (TPSA) is 96.6 Å². The molecule has 1 amide bonds. The van der Waals surface area contributed by atoms with Gasteiger partial charge in [-0.2, -0.15) is 13.2 Å². The molecular weight excluding hydrogens is 451 g/mol. The van der Waals surface area contributed by atoms with Gasteiger partial charge in [0.1, 0.15) is 15.9 Å². The molecule has 2 aromatic rings. The first-order valence-electron chi connectivity index (χ1n) is 9.31. The number of nitrogens with one attached hydrogen (secondary N) is 1. The number of aliphatic hydroxyl groups excluding tert-OH is 1. The van der Waals surface area contributed by atoms with Gasteiger partial charge in [0.2, 0.25) is 0 Å². The zero-order valence-electron chi connectivity index (χ0n) is 16.2. The van der Waals surface area contributed by atoms with Gasteiger partial charge in [-0.05, 0) is 6.92 Å². The number of rotatable bonds is 5. The molecule has 2 N–H and O–H groups in total. The number of thiophene rings is 1. The highest BCUT2D eigenvalue weighted by molar-refractivity contribution is 7.20. The standard InChI is InChI=1S/C17H19F5N4O4S/c1-2-25-13(28)10-9(12(18)19)11(14(29)24-6-4-23-8(27)7-24)31-15(10)26(16(25)30)5-3-17(20,21)22/h8,12,23,27H,2-7H2,1H3. The van der Waals surface area contributed by atoms with Crippen LogP contribution in [0.3, 0.4) is 0 Å². The van der Waals surface area contributed by atoms with Gasteiger partial charge >= 0.3 is 11.9 Å². The first-order chi connectivity index (χ1) is 14.5. The summed E-state index contributed by atoms with van der Waals surface area (Å²) in [6, 6.07) is 0. The molecule has 0 bridgehead atoms. The zero-order valence-corrected chi connectivity index (χ0v) is 17.0. The lowest BCUT2D eigenvalue weighted by Gasteiger charge is -2.30. The van der Waals surface area contributed by atoms with E-state index in [9.17, 15) is 41.4 Å². The number of piperazine rings is 1. The minimum atomic E-state index is -4.63. The molecule has 1 unspecified atom stereocenters. The second-order valence-electron chi connectivity index (χ2n) is 6.90. The van der Waals surface area contributed by atoms with E-state index in [0.717, 1.165) is 4.90 Å². The average Bonchev–Trinajstić information content (AvgIpc) is 3.07. The summed E-state index contributed by atoms with van der Waals surface area (Å²) in [6.07, 6.45) is -10.4.